The number of benzene rings is 1. The highest BCUT2D eigenvalue weighted by Crippen LogP contribution is 2.35. The van der Waals surface area contributed by atoms with Gasteiger partial charge in [-0.25, -0.2) is 0 Å². The number of Topliss-reactive ketones (excluding diaryl/α,β-unsaturated/α-hetero) is 1. The number of methoxy groups -OCH3 is 3. The highest BCUT2D eigenvalue weighted by molar-refractivity contribution is 5.99. The molecule has 0 aliphatic carbocycles. The van der Waals surface area contributed by atoms with E-state index in [4.69, 9.17) is 9.47 Å². The Morgan fingerprint density at radius 1 is 1.09 bits per heavy atom. The molecule has 0 unspecified atom stereocenters. The second kappa shape index (κ2) is 7.96. The molecule has 0 heterocycles. The van der Waals surface area contributed by atoms with Crippen molar-refractivity contribution >= 4 is 17.4 Å². The van der Waals surface area contributed by atoms with Gasteiger partial charge in [0.2, 0.25) is 5.75 Å². The number of carbonyl (C=O) groups is 2. The summed E-state index contributed by atoms with van der Waals surface area (Å²) in [4.78, 5) is 33.6. The molecular weight excluding hydrogens is 294 g/mol. The Balaban J connectivity index is 3.01. The Morgan fingerprint density at radius 2 is 1.73 bits per heavy atom. The van der Waals surface area contributed by atoms with Crippen molar-refractivity contribution in [2.75, 3.05) is 21.3 Å². The topological polar surface area (TPSA) is 105 Å². The predicted molar refractivity (Wildman–Crippen MR) is 76.4 cm³/mol. The molecule has 0 aromatic heterocycles. The Kier molecular flexibility index (Phi) is 6.30. The first-order chi connectivity index (χ1) is 10.4. The molecule has 0 amide bonds. The van der Waals surface area contributed by atoms with Crippen molar-refractivity contribution < 1.29 is 28.7 Å². The van der Waals surface area contributed by atoms with Crippen LogP contribution >= 0.6 is 0 Å². The molecule has 0 radical (unpaired) electrons. The van der Waals surface area contributed by atoms with E-state index >= 15 is 0 Å². The van der Waals surface area contributed by atoms with E-state index in [2.05, 4.69) is 4.74 Å². The number of esters is 1. The fraction of sp³-hybridized carbons (Fsp3) is 0.429. The maximum Gasteiger partial charge on any atom is 0.311 e. The third kappa shape index (κ3) is 4.18. The zero-order valence-corrected chi connectivity index (χ0v) is 12.6. The van der Waals surface area contributed by atoms with Crippen LogP contribution < -0.4 is 9.47 Å². The summed E-state index contributed by atoms with van der Waals surface area (Å²) in [5, 5.41) is 11.0. The van der Waals surface area contributed by atoms with Crippen molar-refractivity contribution in [3.8, 4) is 11.5 Å². The molecule has 1 aromatic rings. The minimum Gasteiger partial charge on any atom is -0.496 e. The number of ether oxygens (including phenoxy) is 3. The molecule has 0 bridgehead atoms. The number of ketones is 1. The zero-order valence-electron chi connectivity index (χ0n) is 12.6. The number of nitro groups is 1. The molecule has 0 saturated heterocycles. The van der Waals surface area contributed by atoms with Gasteiger partial charge in [0, 0.05) is 25.0 Å². The van der Waals surface area contributed by atoms with Gasteiger partial charge >= 0.3 is 11.7 Å². The summed E-state index contributed by atoms with van der Waals surface area (Å²) in [6.07, 6.45) is 0.437. The molecule has 0 atom stereocenters. The predicted octanol–water partition coefficient (Wildman–Crippen LogP) is 2.14. The molecule has 0 saturated carbocycles. The second-order valence-corrected chi connectivity index (χ2v) is 4.33. The van der Waals surface area contributed by atoms with Crippen molar-refractivity contribution in [2.45, 2.75) is 19.3 Å². The van der Waals surface area contributed by atoms with E-state index in [1.165, 1.54) is 27.4 Å². The molecule has 0 aliphatic heterocycles. The van der Waals surface area contributed by atoms with Crippen LogP contribution in [-0.2, 0) is 9.53 Å². The molecule has 0 N–H and O–H groups in total. The number of nitro benzene ring substituents is 1. The second-order valence-electron chi connectivity index (χ2n) is 4.33. The number of hydrogen-bond donors (Lipinski definition) is 0. The fourth-order valence-corrected chi connectivity index (χ4v) is 1.87. The molecule has 22 heavy (non-hydrogen) atoms. The molecular formula is C14H17NO7. The lowest BCUT2D eigenvalue weighted by atomic mass is 10.0. The van der Waals surface area contributed by atoms with Crippen LogP contribution in [0.25, 0.3) is 0 Å². The zero-order chi connectivity index (χ0) is 16.7. The van der Waals surface area contributed by atoms with Crippen LogP contribution in [0.4, 0.5) is 5.69 Å². The van der Waals surface area contributed by atoms with Gasteiger partial charge in [-0.2, -0.15) is 0 Å². The Morgan fingerprint density at radius 3 is 2.23 bits per heavy atom. The summed E-state index contributed by atoms with van der Waals surface area (Å²) in [6, 6.07) is 2.42. The monoisotopic (exact) mass is 311 g/mol. The van der Waals surface area contributed by atoms with Crippen LogP contribution in [0.2, 0.25) is 0 Å². The first-order valence-electron chi connectivity index (χ1n) is 6.45. The molecule has 120 valence electrons. The van der Waals surface area contributed by atoms with Crippen molar-refractivity contribution in [2.24, 2.45) is 0 Å². The van der Waals surface area contributed by atoms with E-state index in [0.717, 1.165) is 6.07 Å². The SMILES string of the molecule is COC(=O)CCCC(=O)c1cc([N+](=O)[O-])c(OC)cc1OC. The summed E-state index contributed by atoms with van der Waals surface area (Å²) < 4.78 is 14.5. The Bertz CT molecular complexity index is 583. The van der Waals surface area contributed by atoms with Crippen molar-refractivity contribution in [3.05, 3.63) is 27.8 Å². The van der Waals surface area contributed by atoms with Crippen LogP contribution in [0, 0.1) is 10.1 Å². The summed E-state index contributed by atoms with van der Waals surface area (Å²) in [6.45, 7) is 0. The van der Waals surface area contributed by atoms with Gasteiger partial charge in [0.1, 0.15) is 5.75 Å². The van der Waals surface area contributed by atoms with Gasteiger partial charge in [-0.1, -0.05) is 0 Å². The first-order valence-corrected chi connectivity index (χ1v) is 6.45. The van der Waals surface area contributed by atoms with E-state index < -0.39 is 10.9 Å². The van der Waals surface area contributed by atoms with Crippen molar-refractivity contribution in [1.29, 1.82) is 0 Å². The minimum atomic E-state index is -0.635. The summed E-state index contributed by atoms with van der Waals surface area (Å²) >= 11 is 0. The van der Waals surface area contributed by atoms with Gasteiger partial charge in [-0.3, -0.25) is 19.7 Å². The molecule has 1 aromatic carbocycles. The minimum absolute atomic E-state index is 0.00737. The van der Waals surface area contributed by atoms with E-state index in [-0.39, 0.29) is 47.8 Å². The van der Waals surface area contributed by atoms with Gasteiger partial charge < -0.3 is 14.2 Å². The van der Waals surface area contributed by atoms with Crippen molar-refractivity contribution in [3.63, 3.8) is 0 Å². The smallest absolute Gasteiger partial charge is 0.311 e. The lowest BCUT2D eigenvalue weighted by Gasteiger charge is -2.10. The van der Waals surface area contributed by atoms with Gasteiger partial charge in [-0.15, -0.1) is 0 Å². The Labute approximate surface area is 127 Å². The van der Waals surface area contributed by atoms with E-state index in [1.807, 2.05) is 0 Å². The molecule has 8 heteroatoms. The maximum atomic E-state index is 12.2. The third-order valence-electron chi connectivity index (χ3n) is 3.01. The van der Waals surface area contributed by atoms with Crippen LogP contribution in [0.5, 0.6) is 11.5 Å². The lowest BCUT2D eigenvalue weighted by Crippen LogP contribution is -2.06. The average molecular weight is 311 g/mol. The molecule has 0 aliphatic rings. The standard InChI is InChI=1S/C14H17NO7/c1-20-12-8-13(21-2)10(15(18)19)7-9(12)11(16)5-4-6-14(17)22-3/h7-8H,4-6H2,1-3H3. The number of rotatable bonds is 8. The third-order valence-corrected chi connectivity index (χ3v) is 3.01. The van der Waals surface area contributed by atoms with Crippen LogP contribution in [0.1, 0.15) is 29.6 Å². The summed E-state index contributed by atoms with van der Waals surface area (Å²) in [5.74, 6) is -0.578. The average Bonchev–Trinajstić information content (AvgIpc) is 2.52. The molecule has 1 rings (SSSR count). The van der Waals surface area contributed by atoms with Crippen LogP contribution in [0.15, 0.2) is 12.1 Å². The summed E-state index contributed by atoms with van der Waals surface area (Å²) in [5.41, 5.74) is -0.237. The van der Waals surface area contributed by atoms with Gasteiger partial charge in [-0.05, 0) is 6.42 Å². The quantitative estimate of drug-likeness (QED) is 0.313. The normalized spacial score (nSPS) is 9.95. The lowest BCUT2D eigenvalue weighted by molar-refractivity contribution is -0.385. The number of nitrogens with zero attached hydrogens (tertiary/aromatic N) is 1. The van der Waals surface area contributed by atoms with Crippen molar-refractivity contribution in [1.82, 2.24) is 0 Å². The molecule has 0 fully saturated rings. The van der Waals surface area contributed by atoms with E-state index in [1.54, 1.807) is 0 Å². The highest BCUT2D eigenvalue weighted by Gasteiger charge is 2.23. The van der Waals surface area contributed by atoms with Gasteiger partial charge in [0.15, 0.2) is 5.78 Å². The Hall–Kier alpha value is -2.64. The number of carbonyl (C=O) groups excluding carboxylic acids is 2. The fourth-order valence-electron chi connectivity index (χ4n) is 1.87. The first kappa shape index (κ1) is 17.4. The van der Waals surface area contributed by atoms with Gasteiger partial charge in [0.25, 0.3) is 0 Å². The summed E-state index contributed by atoms with van der Waals surface area (Å²) in [7, 11) is 3.91. The molecule has 8 nitrogen and oxygen atoms in total. The number of hydrogen-bond acceptors (Lipinski definition) is 7. The van der Waals surface area contributed by atoms with Gasteiger partial charge in [0.05, 0.1) is 31.8 Å². The van der Waals surface area contributed by atoms with Crippen LogP contribution in [-0.4, -0.2) is 38.0 Å². The molecule has 0 spiro atoms. The van der Waals surface area contributed by atoms with E-state index in [0.29, 0.717) is 0 Å². The maximum absolute atomic E-state index is 12.2. The van der Waals surface area contributed by atoms with E-state index in [9.17, 15) is 19.7 Å². The largest absolute Gasteiger partial charge is 0.496 e. The van der Waals surface area contributed by atoms with Crippen LogP contribution in [0.3, 0.4) is 0 Å². The highest BCUT2D eigenvalue weighted by atomic mass is 16.6.